The van der Waals surface area contributed by atoms with Crippen molar-refractivity contribution in [3.05, 3.63) is 0 Å². The van der Waals surface area contributed by atoms with Gasteiger partial charge in [0.15, 0.2) is 0 Å². The zero-order chi connectivity index (χ0) is 12.2. The molecule has 0 aromatic heterocycles. The summed E-state index contributed by atoms with van der Waals surface area (Å²) in [5, 5.41) is 0. The lowest BCUT2D eigenvalue weighted by Crippen LogP contribution is -2.57. The van der Waals surface area contributed by atoms with E-state index >= 15 is 0 Å². The van der Waals surface area contributed by atoms with Crippen LogP contribution in [-0.4, -0.2) is 42.6 Å². The van der Waals surface area contributed by atoms with Crippen LogP contribution >= 0.6 is 0 Å². The maximum atomic E-state index is 11.9. The zero-order valence-corrected chi connectivity index (χ0v) is 10.7. The molecule has 0 aromatic rings. The van der Waals surface area contributed by atoms with E-state index in [1.54, 1.807) is 0 Å². The Morgan fingerprint density at radius 1 is 1.56 bits per heavy atom. The molecule has 1 aliphatic rings. The number of amides is 1. The van der Waals surface area contributed by atoms with Crippen molar-refractivity contribution >= 4 is 5.91 Å². The van der Waals surface area contributed by atoms with Gasteiger partial charge < -0.3 is 15.4 Å². The largest absolute Gasteiger partial charge is 0.370 e. The average molecular weight is 228 g/mol. The van der Waals surface area contributed by atoms with E-state index in [9.17, 15) is 4.79 Å². The number of carbonyl (C=O) groups excluding carboxylic acids is 1. The minimum atomic E-state index is -0.308. The molecule has 1 saturated heterocycles. The first-order valence-electron chi connectivity index (χ1n) is 6.17. The molecule has 1 fully saturated rings. The quantitative estimate of drug-likeness (QED) is 0.781. The van der Waals surface area contributed by atoms with Crippen molar-refractivity contribution in [2.75, 3.05) is 26.2 Å². The fourth-order valence-electron chi connectivity index (χ4n) is 2.23. The predicted octanol–water partition coefficient (Wildman–Crippen LogP) is 0.999. The second kappa shape index (κ2) is 5.64. The fourth-order valence-corrected chi connectivity index (χ4v) is 2.23. The zero-order valence-electron chi connectivity index (χ0n) is 10.7. The van der Waals surface area contributed by atoms with Crippen LogP contribution in [0.5, 0.6) is 0 Å². The molecule has 2 N–H and O–H groups in total. The van der Waals surface area contributed by atoms with Gasteiger partial charge in [0.2, 0.25) is 5.91 Å². The summed E-state index contributed by atoms with van der Waals surface area (Å²) in [5.41, 5.74) is 5.49. The van der Waals surface area contributed by atoms with Gasteiger partial charge in [0.1, 0.15) is 0 Å². The van der Waals surface area contributed by atoms with Gasteiger partial charge in [-0.25, -0.2) is 0 Å². The maximum Gasteiger partial charge on any atom is 0.225 e. The first-order chi connectivity index (χ1) is 7.54. The van der Waals surface area contributed by atoms with Gasteiger partial charge in [-0.2, -0.15) is 0 Å². The Balaban J connectivity index is 2.67. The van der Waals surface area contributed by atoms with Gasteiger partial charge in [-0.1, -0.05) is 27.2 Å². The molecule has 0 bridgehead atoms. The number of morpholine rings is 1. The summed E-state index contributed by atoms with van der Waals surface area (Å²) in [6, 6.07) is 0. The standard InChI is InChI=1S/C12H24N2O2/c1-4-5-12(8-13)9-14(6-7-16-12)11(15)10(2)3/h10H,4-9,13H2,1-3H3. The van der Waals surface area contributed by atoms with Crippen molar-refractivity contribution in [2.45, 2.75) is 39.2 Å². The first-order valence-corrected chi connectivity index (χ1v) is 6.17. The molecule has 0 aliphatic carbocycles. The molecule has 1 atom stereocenters. The highest BCUT2D eigenvalue weighted by atomic mass is 16.5. The van der Waals surface area contributed by atoms with Crippen LogP contribution in [0.2, 0.25) is 0 Å². The summed E-state index contributed by atoms with van der Waals surface area (Å²) in [6.45, 7) is 8.42. The molecular weight excluding hydrogens is 204 g/mol. The Labute approximate surface area is 98.1 Å². The van der Waals surface area contributed by atoms with Gasteiger partial charge in [-0.05, 0) is 6.42 Å². The van der Waals surface area contributed by atoms with E-state index in [0.717, 1.165) is 12.8 Å². The van der Waals surface area contributed by atoms with Crippen LogP contribution in [0.15, 0.2) is 0 Å². The van der Waals surface area contributed by atoms with Crippen molar-refractivity contribution in [1.82, 2.24) is 4.90 Å². The Morgan fingerprint density at radius 2 is 2.25 bits per heavy atom. The molecule has 4 nitrogen and oxygen atoms in total. The highest BCUT2D eigenvalue weighted by Gasteiger charge is 2.36. The third-order valence-electron chi connectivity index (χ3n) is 3.13. The third kappa shape index (κ3) is 2.95. The number of nitrogens with zero attached hydrogens (tertiary/aromatic N) is 1. The van der Waals surface area contributed by atoms with E-state index in [-0.39, 0.29) is 17.4 Å². The Morgan fingerprint density at radius 3 is 2.75 bits per heavy atom. The van der Waals surface area contributed by atoms with Gasteiger partial charge in [-0.3, -0.25) is 4.79 Å². The maximum absolute atomic E-state index is 11.9. The molecule has 0 spiro atoms. The SMILES string of the molecule is CCCC1(CN)CN(C(=O)C(C)C)CCO1. The summed E-state index contributed by atoms with van der Waals surface area (Å²) in [4.78, 5) is 13.8. The van der Waals surface area contributed by atoms with Gasteiger partial charge >= 0.3 is 0 Å². The molecule has 1 rings (SSSR count). The van der Waals surface area contributed by atoms with E-state index in [1.165, 1.54) is 0 Å². The third-order valence-corrected chi connectivity index (χ3v) is 3.13. The lowest BCUT2D eigenvalue weighted by molar-refractivity contribution is -0.153. The summed E-state index contributed by atoms with van der Waals surface area (Å²) >= 11 is 0. The minimum Gasteiger partial charge on any atom is -0.370 e. The van der Waals surface area contributed by atoms with Crippen LogP contribution in [0.4, 0.5) is 0 Å². The molecule has 0 radical (unpaired) electrons. The normalized spacial score (nSPS) is 26.2. The fraction of sp³-hybridized carbons (Fsp3) is 0.917. The van der Waals surface area contributed by atoms with Gasteiger partial charge in [-0.15, -0.1) is 0 Å². The number of nitrogens with two attached hydrogens (primary N) is 1. The smallest absolute Gasteiger partial charge is 0.225 e. The number of hydrogen-bond acceptors (Lipinski definition) is 3. The van der Waals surface area contributed by atoms with E-state index in [0.29, 0.717) is 26.2 Å². The van der Waals surface area contributed by atoms with Crippen LogP contribution in [0, 0.1) is 5.92 Å². The summed E-state index contributed by atoms with van der Waals surface area (Å²) < 4.78 is 5.80. The lowest BCUT2D eigenvalue weighted by Gasteiger charge is -2.42. The van der Waals surface area contributed by atoms with Crippen molar-refractivity contribution < 1.29 is 9.53 Å². The molecule has 0 saturated carbocycles. The Bertz CT molecular complexity index is 239. The summed E-state index contributed by atoms with van der Waals surface area (Å²) in [7, 11) is 0. The molecule has 1 amide bonds. The van der Waals surface area contributed by atoms with Gasteiger partial charge in [0.05, 0.1) is 18.8 Å². The number of carbonyl (C=O) groups is 1. The van der Waals surface area contributed by atoms with Crippen molar-refractivity contribution in [3.63, 3.8) is 0 Å². The topological polar surface area (TPSA) is 55.6 Å². The first kappa shape index (κ1) is 13.5. The molecule has 16 heavy (non-hydrogen) atoms. The van der Waals surface area contributed by atoms with Crippen molar-refractivity contribution in [3.8, 4) is 0 Å². The molecular formula is C12H24N2O2. The summed E-state index contributed by atoms with van der Waals surface area (Å²) in [6.07, 6.45) is 1.95. The Kier molecular flexibility index (Phi) is 4.74. The van der Waals surface area contributed by atoms with Gasteiger partial charge in [0.25, 0.3) is 0 Å². The molecule has 1 unspecified atom stereocenters. The van der Waals surface area contributed by atoms with Gasteiger partial charge in [0, 0.05) is 19.0 Å². The van der Waals surface area contributed by atoms with Crippen LogP contribution in [0.3, 0.4) is 0 Å². The van der Waals surface area contributed by atoms with E-state index in [1.807, 2.05) is 18.7 Å². The second-order valence-electron chi connectivity index (χ2n) is 4.90. The average Bonchev–Trinajstić information content (AvgIpc) is 2.28. The van der Waals surface area contributed by atoms with Crippen LogP contribution in [0.1, 0.15) is 33.6 Å². The molecule has 1 heterocycles. The van der Waals surface area contributed by atoms with Crippen molar-refractivity contribution in [2.24, 2.45) is 11.7 Å². The highest BCUT2D eigenvalue weighted by Crippen LogP contribution is 2.23. The lowest BCUT2D eigenvalue weighted by atomic mass is 9.95. The Hall–Kier alpha value is -0.610. The van der Waals surface area contributed by atoms with E-state index in [4.69, 9.17) is 10.5 Å². The summed E-state index contributed by atoms with van der Waals surface area (Å²) in [5.74, 6) is 0.257. The van der Waals surface area contributed by atoms with Crippen LogP contribution < -0.4 is 5.73 Å². The molecule has 94 valence electrons. The highest BCUT2D eigenvalue weighted by molar-refractivity contribution is 5.78. The molecule has 0 aromatic carbocycles. The minimum absolute atomic E-state index is 0.0511. The number of rotatable bonds is 4. The van der Waals surface area contributed by atoms with Crippen molar-refractivity contribution in [1.29, 1.82) is 0 Å². The second-order valence-corrected chi connectivity index (χ2v) is 4.90. The van der Waals surface area contributed by atoms with Crippen LogP contribution in [0.25, 0.3) is 0 Å². The predicted molar refractivity (Wildman–Crippen MR) is 64.1 cm³/mol. The van der Waals surface area contributed by atoms with Crippen LogP contribution in [-0.2, 0) is 9.53 Å². The van der Waals surface area contributed by atoms with E-state index in [2.05, 4.69) is 6.92 Å². The monoisotopic (exact) mass is 228 g/mol. The number of hydrogen-bond donors (Lipinski definition) is 1. The molecule has 1 aliphatic heterocycles. The number of ether oxygens (including phenoxy) is 1. The van der Waals surface area contributed by atoms with E-state index < -0.39 is 0 Å². The molecule has 4 heteroatoms.